The second kappa shape index (κ2) is 13.9. The molecule has 50 heavy (non-hydrogen) atoms. The lowest BCUT2D eigenvalue weighted by Gasteiger charge is -2.38. The zero-order valence-electron chi connectivity index (χ0n) is 32.8. The summed E-state index contributed by atoms with van der Waals surface area (Å²) in [5.41, 5.74) is -1.42. The van der Waals surface area contributed by atoms with Crippen molar-refractivity contribution in [3.63, 3.8) is 0 Å². The van der Waals surface area contributed by atoms with Crippen molar-refractivity contribution in [2.24, 2.45) is 27.1 Å². The van der Waals surface area contributed by atoms with Gasteiger partial charge in [0.2, 0.25) is 17.6 Å². The van der Waals surface area contributed by atoms with Crippen LogP contribution in [0.15, 0.2) is 0 Å². The molecule has 3 saturated carbocycles. The van der Waals surface area contributed by atoms with E-state index in [9.17, 15) is 28.5 Å². The van der Waals surface area contributed by atoms with Crippen LogP contribution in [0.3, 0.4) is 0 Å². The highest BCUT2D eigenvalue weighted by molar-refractivity contribution is 7.92. The first-order chi connectivity index (χ1) is 22.8. The molecule has 1 unspecified atom stereocenters. The lowest BCUT2D eigenvalue weighted by atomic mass is 9.73. The third kappa shape index (κ3) is 7.71. The summed E-state index contributed by atoms with van der Waals surface area (Å²) in [6.45, 7) is 24.1. The van der Waals surface area contributed by atoms with E-state index in [0.717, 1.165) is 32.1 Å². The van der Waals surface area contributed by atoms with E-state index < -0.39 is 74.5 Å². The summed E-state index contributed by atoms with van der Waals surface area (Å²) >= 11 is -1.22. The Balaban J connectivity index is 1.60. The van der Waals surface area contributed by atoms with Crippen molar-refractivity contribution < 1.29 is 28.5 Å². The third-order valence-corrected chi connectivity index (χ3v) is 14.5. The van der Waals surface area contributed by atoms with Gasteiger partial charge in [-0.05, 0) is 92.1 Å². The maximum Gasteiger partial charge on any atom is 0.315 e. The summed E-state index contributed by atoms with van der Waals surface area (Å²) < 4.78 is 12.7. The molecule has 11 nitrogen and oxygen atoms in total. The predicted octanol–water partition coefficient (Wildman–Crippen LogP) is 4.59. The summed E-state index contributed by atoms with van der Waals surface area (Å²) in [7, 11) is 0. The van der Waals surface area contributed by atoms with Crippen molar-refractivity contribution >= 4 is 40.7 Å². The van der Waals surface area contributed by atoms with E-state index >= 15 is 0 Å². The van der Waals surface area contributed by atoms with Gasteiger partial charge in [-0.25, -0.2) is 4.79 Å². The van der Waals surface area contributed by atoms with E-state index in [0.29, 0.717) is 25.8 Å². The summed E-state index contributed by atoms with van der Waals surface area (Å²) in [6.07, 6.45) is 6.25. The molecule has 1 aliphatic heterocycles. The SMILES string of the molecule is CCC[C@H](NC(=O)[C@@H]1C[C@@]2(CN1C(=O)[C@@H](NC(=O)N[C@H](C[S+]([O-])C(C)(C)C)C(C)(C)C)C(C)(C)C)C(C)(C)C21CCC1)C(=O)C(=O)NC1CC1. The number of hydrogen-bond donors (Lipinski definition) is 4. The van der Waals surface area contributed by atoms with Crippen LogP contribution in [-0.4, -0.2) is 86.2 Å². The normalized spacial score (nSPS) is 26.3. The van der Waals surface area contributed by atoms with Crippen LogP contribution in [0.25, 0.3) is 0 Å². The highest BCUT2D eigenvalue weighted by Gasteiger charge is 2.85. The van der Waals surface area contributed by atoms with Gasteiger partial charge in [-0.2, -0.15) is 0 Å². The maximum absolute atomic E-state index is 14.8. The second-order valence-corrected chi connectivity index (χ2v) is 21.5. The van der Waals surface area contributed by atoms with Crippen LogP contribution < -0.4 is 21.3 Å². The number of rotatable bonds is 12. The third-order valence-electron chi connectivity index (χ3n) is 12.5. The zero-order valence-corrected chi connectivity index (χ0v) is 33.6. The molecule has 1 saturated heterocycles. The van der Waals surface area contributed by atoms with E-state index in [1.807, 2.05) is 69.2 Å². The number of carbonyl (C=O) groups excluding carboxylic acids is 5. The molecule has 12 heteroatoms. The first kappa shape index (κ1) is 40.4. The molecule has 284 valence electrons. The summed E-state index contributed by atoms with van der Waals surface area (Å²) in [6, 6.07) is -3.76. The zero-order chi connectivity index (χ0) is 37.8. The number of amides is 5. The van der Waals surface area contributed by atoms with Crippen LogP contribution in [0.5, 0.6) is 0 Å². The van der Waals surface area contributed by atoms with E-state index in [2.05, 4.69) is 35.1 Å². The van der Waals surface area contributed by atoms with Crippen molar-refractivity contribution in [2.45, 2.75) is 169 Å². The average Bonchev–Trinajstić information content (AvgIpc) is 3.78. The van der Waals surface area contributed by atoms with Gasteiger partial charge in [0.1, 0.15) is 22.6 Å². The molecular formula is C38H65N5O6S. The molecule has 2 spiro atoms. The minimum atomic E-state index is -1.22. The van der Waals surface area contributed by atoms with E-state index in [-0.39, 0.29) is 33.9 Å². The Hall–Kier alpha value is -2.34. The standard InChI is InChI=1S/C38H65N5O6S/c1-13-15-24(27(44)30(46)39-23-16-17-23)40-29(45)25-20-38(36(11,12)37(38)18-14-19-37)22-43(25)31(47)28(34(5,6)7)42-32(48)41-26(33(2,3)4)21-50(49)35(8,9)10/h23-26,28H,13-22H2,1-12H3,(H,39,46)(H,40,45)(H2,41,42,48)/t24-,25-,26+,28+,38+,50?/m0/s1. The largest absolute Gasteiger partial charge is 0.616 e. The van der Waals surface area contributed by atoms with Crippen LogP contribution >= 0.6 is 0 Å². The molecule has 1 heterocycles. The maximum atomic E-state index is 14.8. The van der Waals surface area contributed by atoms with Crippen LogP contribution in [-0.2, 0) is 30.4 Å². The van der Waals surface area contributed by atoms with Gasteiger partial charge in [-0.3, -0.25) is 19.2 Å². The Morgan fingerprint density at radius 1 is 0.880 bits per heavy atom. The van der Waals surface area contributed by atoms with Gasteiger partial charge in [-0.1, -0.05) is 75.2 Å². The van der Waals surface area contributed by atoms with Crippen LogP contribution in [0.1, 0.15) is 134 Å². The molecular weight excluding hydrogens is 655 g/mol. The van der Waals surface area contributed by atoms with Crippen molar-refractivity contribution in [1.29, 1.82) is 0 Å². The first-order valence-electron chi connectivity index (χ1n) is 18.7. The number of carbonyl (C=O) groups is 5. The fourth-order valence-corrected chi connectivity index (χ4v) is 9.97. The lowest BCUT2D eigenvalue weighted by molar-refractivity contribution is -0.144. The quantitative estimate of drug-likeness (QED) is 0.171. The van der Waals surface area contributed by atoms with Crippen LogP contribution in [0.4, 0.5) is 4.79 Å². The van der Waals surface area contributed by atoms with E-state index in [1.54, 1.807) is 4.90 Å². The molecule has 6 atom stereocenters. The molecule has 4 rings (SSSR count). The molecule has 4 fully saturated rings. The van der Waals surface area contributed by atoms with Crippen LogP contribution in [0.2, 0.25) is 0 Å². The van der Waals surface area contributed by atoms with Gasteiger partial charge in [-0.15, -0.1) is 0 Å². The Labute approximate surface area is 303 Å². The van der Waals surface area contributed by atoms with Crippen molar-refractivity contribution in [3.8, 4) is 0 Å². The van der Waals surface area contributed by atoms with Gasteiger partial charge < -0.3 is 30.7 Å². The molecule has 0 radical (unpaired) electrons. The van der Waals surface area contributed by atoms with Crippen molar-refractivity contribution in [2.75, 3.05) is 12.3 Å². The monoisotopic (exact) mass is 719 g/mol. The first-order valence-corrected chi connectivity index (χ1v) is 20.1. The topological polar surface area (TPSA) is 160 Å². The molecule has 0 aromatic carbocycles. The van der Waals surface area contributed by atoms with E-state index in [4.69, 9.17) is 0 Å². The molecule has 0 aromatic rings. The fourth-order valence-electron chi connectivity index (χ4n) is 8.59. The number of urea groups is 1. The lowest BCUT2D eigenvalue weighted by Crippen LogP contribution is -2.61. The number of nitrogens with zero attached hydrogens (tertiary/aromatic N) is 1. The second-order valence-electron chi connectivity index (χ2n) is 19.3. The Morgan fingerprint density at radius 3 is 1.92 bits per heavy atom. The Bertz CT molecular complexity index is 1340. The van der Waals surface area contributed by atoms with E-state index in [1.165, 1.54) is 0 Å². The summed E-state index contributed by atoms with van der Waals surface area (Å²) in [5, 5.41) is 11.6. The molecule has 5 amide bonds. The molecule has 0 bridgehead atoms. The number of likely N-dealkylation sites (tertiary alicyclic amines) is 1. The summed E-state index contributed by atoms with van der Waals surface area (Å²) in [5.74, 6) is -1.86. The van der Waals surface area contributed by atoms with Gasteiger partial charge in [0.25, 0.3) is 5.91 Å². The number of ketones is 1. The highest BCUT2D eigenvalue weighted by Crippen LogP contribution is 2.88. The molecule has 4 N–H and O–H groups in total. The fraction of sp³-hybridized carbons (Fsp3) is 0.868. The van der Waals surface area contributed by atoms with Crippen molar-refractivity contribution in [3.05, 3.63) is 0 Å². The highest BCUT2D eigenvalue weighted by atomic mass is 32.2. The number of fused-ring (bicyclic) bond motifs is 1. The van der Waals surface area contributed by atoms with Gasteiger partial charge in [0.15, 0.2) is 0 Å². The predicted molar refractivity (Wildman–Crippen MR) is 197 cm³/mol. The average molecular weight is 720 g/mol. The van der Waals surface area contributed by atoms with Gasteiger partial charge in [0.05, 0.1) is 12.1 Å². The van der Waals surface area contributed by atoms with Crippen LogP contribution in [0, 0.1) is 27.1 Å². The molecule has 4 aliphatic rings. The Kier molecular flexibility index (Phi) is 11.2. The number of hydrogen-bond acceptors (Lipinski definition) is 6. The van der Waals surface area contributed by atoms with Gasteiger partial charge in [0, 0.05) is 18.0 Å². The Morgan fingerprint density at radius 2 is 1.48 bits per heavy atom. The molecule has 0 aromatic heterocycles. The number of nitrogens with one attached hydrogen (secondary N) is 4. The summed E-state index contributed by atoms with van der Waals surface area (Å²) in [4.78, 5) is 70.4. The smallest absolute Gasteiger partial charge is 0.315 e. The van der Waals surface area contributed by atoms with Gasteiger partial charge >= 0.3 is 6.03 Å². The molecule has 3 aliphatic carbocycles. The minimum absolute atomic E-state index is 0.0151. The number of Topliss-reactive ketones (excluding diaryl/α,β-unsaturated/α-hetero) is 1. The minimum Gasteiger partial charge on any atom is -0.616 e. The van der Waals surface area contributed by atoms with Crippen molar-refractivity contribution in [1.82, 2.24) is 26.2 Å².